The largest absolute Gasteiger partial charge is 0.456 e. The Morgan fingerprint density at radius 1 is 0.302 bits per heavy atom. The highest BCUT2D eigenvalue weighted by Crippen LogP contribution is 2.45. The molecule has 0 saturated heterocycles. The second kappa shape index (κ2) is 14.1. The SMILES string of the molecule is c1ccc(N(c2ccc(-c3ccccc3-n3c4ccccc4c4ccccc43)cc2)c2ccc3c4ccccc4c4ccccc4c3c2)c(-c2ccc3c(c2)oc2ccccc23)c1. The molecule has 0 unspecified atom stereocenters. The quantitative estimate of drug-likeness (QED) is 0.156. The van der Waals surface area contributed by atoms with Crippen molar-refractivity contribution in [1.82, 2.24) is 4.57 Å². The first kappa shape index (κ1) is 35.4. The summed E-state index contributed by atoms with van der Waals surface area (Å²) in [5.74, 6) is 0. The fraction of sp³-hybridized carbons (Fsp3) is 0. The lowest BCUT2D eigenvalue weighted by Crippen LogP contribution is -2.11. The molecule has 0 aliphatic carbocycles. The zero-order valence-corrected chi connectivity index (χ0v) is 34.2. The molecule has 3 heteroatoms. The van der Waals surface area contributed by atoms with Crippen LogP contribution < -0.4 is 4.90 Å². The molecule has 0 fully saturated rings. The van der Waals surface area contributed by atoms with Crippen molar-refractivity contribution in [3.63, 3.8) is 0 Å². The van der Waals surface area contributed by atoms with E-state index in [1.54, 1.807) is 0 Å². The van der Waals surface area contributed by atoms with Crippen molar-refractivity contribution in [2.24, 2.45) is 0 Å². The minimum Gasteiger partial charge on any atom is -0.456 e. The summed E-state index contributed by atoms with van der Waals surface area (Å²) in [5.41, 5.74) is 13.1. The normalized spacial score (nSPS) is 11.8. The van der Waals surface area contributed by atoms with Crippen LogP contribution in [0.4, 0.5) is 17.1 Å². The highest BCUT2D eigenvalue weighted by molar-refractivity contribution is 6.26. The molecule has 2 heterocycles. The van der Waals surface area contributed by atoms with Gasteiger partial charge in [-0.1, -0.05) is 164 Å². The summed E-state index contributed by atoms with van der Waals surface area (Å²) in [6.07, 6.45) is 0. The number of benzene rings is 11. The van der Waals surface area contributed by atoms with E-state index in [0.717, 1.165) is 61.4 Å². The van der Waals surface area contributed by atoms with E-state index in [1.807, 2.05) is 12.1 Å². The van der Waals surface area contributed by atoms with Crippen molar-refractivity contribution in [3.05, 3.63) is 231 Å². The summed E-state index contributed by atoms with van der Waals surface area (Å²) in [4.78, 5) is 2.42. The van der Waals surface area contributed by atoms with Gasteiger partial charge in [-0.25, -0.2) is 0 Å². The lowest BCUT2D eigenvalue weighted by atomic mass is 9.93. The Hall–Kier alpha value is -8.40. The summed E-state index contributed by atoms with van der Waals surface area (Å²) in [5, 5.41) is 12.3. The van der Waals surface area contributed by atoms with Gasteiger partial charge in [-0.05, 0) is 110 Å². The molecule has 0 spiro atoms. The molecule has 2 aromatic heterocycles. The summed E-state index contributed by atoms with van der Waals surface area (Å²) >= 11 is 0. The number of rotatable bonds is 6. The second-order valence-electron chi connectivity index (χ2n) is 16.4. The third kappa shape index (κ3) is 5.53. The van der Waals surface area contributed by atoms with Gasteiger partial charge in [-0.15, -0.1) is 0 Å². The van der Waals surface area contributed by atoms with Crippen LogP contribution in [0.3, 0.4) is 0 Å². The number of para-hydroxylation sites is 5. The predicted octanol–water partition coefficient (Wildman–Crippen LogP) is 16.9. The van der Waals surface area contributed by atoms with Gasteiger partial charge in [0.05, 0.1) is 22.4 Å². The first-order valence-electron chi connectivity index (χ1n) is 21.6. The average Bonchev–Trinajstić information content (AvgIpc) is 3.90. The Balaban J connectivity index is 1.01. The van der Waals surface area contributed by atoms with Crippen molar-refractivity contribution in [3.8, 4) is 27.9 Å². The van der Waals surface area contributed by atoms with E-state index in [9.17, 15) is 0 Å². The summed E-state index contributed by atoms with van der Waals surface area (Å²) < 4.78 is 8.85. The maximum Gasteiger partial charge on any atom is 0.136 e. The fourth-order valence-electron chi connectivity index (χ4n) is 10.2. The van der Waals surface area contributed by atoms with Gasteiger partial charge in [-0.2, -0.15) is 0 Å². The van der Waals surface area contributed by atoms with Crippen molar-refractivity contribution >= 4 is 93.1 Å². The number of anilines is 3. The van der Waals surface area contributed by atoms with Gasteiger partial charge < -0.3 is 13.9 Å². The number of fused-ring (bicyclic) bond motifs is 12. The minimum atomic E-state index is 0.880. The molecule has 13 aromatic rings. The van der Waals surface area contributed by atoms with Crippen molar-refractivity contribution in [1.29, 1.82) is 0 Å². The van der Waals surface area contributed by atoms with Crippen LogP contribution >= 0.6 is 0 Å². The number of hydrogen-bond acceptors (Lipinski definition) is 2. The molecule has 11 aromatic carbocycles. The fourth-order valence-corrected chi connectivity index (χ4v) is 10.2. The molecule has 0 radical (unpaired) electrons. The van der Waals surface area contributed by atoms with E-state index in [1.165, 1.54) is 59.7 Å². The Labute approximate surface area is 363 Å². The molecule has 0 aliphatic heterocycles. The van der Waals surface area contributed by atoms with Gasteiger partial charge in [0.15, 0.2) is 0 Å². The van der Waals surface area contributed by atoms with Gasteiger partial charge >= 0.3 is 0 Å². The van der Waals surface area contributed by atoms with E-state index < -0.39 is 0 Å². The molecule has 63 heavy (non-hydrogen) atoms. The zero-order valence-electron chi connectivity index (χ0n) is 34.2. The van der Waals surface area contributed by atoms with Gasteiger partial charge in [0.1, 0.15) is 11.2 Å². The van der Waals surface area contributed by atoms with E-state index in [-0.39, 0.29) is 0 Å². The molecule has 0 amide bonds. The highest BCUT2D eigenvalue weighted by Gasteiger charge is 2.21. The molecule has 3 nitrogen and oxygen atoms in total. The maximum absolute atomic E-state index is 6.43. The van der Waals surface area contributed by atoms with Crippen LogP contribution in [0, 0.1) is 0 Å². The number of furan rings is 1. The van der Waals surface area contributed by atoms with E-state index in [4.69, 9.17) is 4.42 Å². The van der Waals surface area contributed by atoms with Crippen molar-refractivity contribution in [2.45, 2.75) is 0 Å². The Morgan fingerprint density at radius 2 is 0.778 bits per heavy atom. The Bertz CT molecular complexity index is 3840. The summed E-state index contributed by atoms with van der Waals surface area (Å²) in [6, 6.07) is 83.6. The van der Waals surface area contributed by atoms with E-state index in [2.05, 4.69) is 228 Å². The second-order valence-corrected chi connectivity index (χ2v) is 16.4. The van der Waals surface area contributed by atoms with Crippen molar-refractivity contribution < 1.29 is 4.42 Å². The smallest absolute Gasteiger partial charge is 0.136 e. The van der Waals surface area contributed by atoms with Crippen LogP contribution in [0.5, 0.6) is 0 Å². The van der Waals surface area contributed by atoms with Gasteiger partial charge in [0, 0.05) is 44.0 Å². The van der Waals surface area contributed by atoms with Crippen LogP contribution in [-0.2, 0) is 0 Å². The standard InChI is InChI=1S/C60H38N2O/c1-2-19-47-45(17-1)46-18-3-4-20-48(46)54-38-42(34-36-49(47)54)61(55-24-10-6-16-44(55)40-31-35-53-52-23-9-14-28-59(52)63-60(53)37-40)41-32-29-39(30-33-41)43-15-5-11-25-56(43)62-57-26-12-7-21-50(57)51-22-8-13-27-58(51)62/h1-38H. The first-order valence-corrected chi connectivity index (χ1v) is 21.6. The van der Waals surface area contributed by atoms with Crippen molar-refractivity contribution in [2.75, 3.05) is 4.90 Å². The molecular weight excluding hydrogens is 765 g/mol. The Morgan fingerprint density at radius 3 is 1.48 bits per heavy atom. The monoisotopic (exact) mass is 802 g/mol. The van der Waals surface area contributed by atoms with Crippen LogP contribution in [0.15, 0.2) is 235 Å². The third-order valence-electron chi connectivity index (χ3n) is 13.0. The lowest BCUT2D eigenvalue weighted by Gasteiger charge is -2.28. The number of hydrogen-bond donors (Lipinski definition) is 0. The average molecular weight is 803 g/mol. The zero-order chi connectivity index (χ0) is 41.4. The molecule has 294 valence electrons. The minimum absolute atomic E-state index is 0.880. The van der Waals surface area contributed by atoms with E-state index in [0.29, 0.717) is 0 Å². The molecule has 0 atom stereocenters. The van der Waals surface area contributed by atoms with Crippen LogP contribution in [0.1, 0.15) is 0 Å². The number of nitrogens with zero attached hydrogens (tertiary/aromatic N) is 2. The molecule has 0 bridgehead atoms. The van der Waals surface area contributed by atoms with Crippen LogP contribution in [-0.4, -0.2) is 4.57 Å². The summed E-state index contributed by atoms with van der Waals surface area (Å²) in [7, 11) is 0. The molecular formula is C60H38N2O. The van der Waals surface area contributed by atoms with Gasteiger partial charge in [0.25, 0.3) is 0 Å². The van der Waals surface area contributed by atoms with Crippen LogP contribution in [0.2, 0.25) is 0 Å². The molecule has 0 aliphatic rings. The predicted molar refractivity (Wildman–Crippen MR) is 266 cm³/mol. The molecule has 0 saturated carbocycles. The van der Waals surface area contributed by atoms with E-state index >= 15 is 0 Å². The Kier molecular flexibility index (Phi) is 7.91. The first-order chi connectivity index (χ1) is 31.3. The van der Waals surface area contributed by atoms with Gasteiger partial charge in [0.2, 0.25) is 0 Å². The summed E-state index contributed by atoms with van der Waals surface area (Å²) in [6.45, 7) is 0. The lowest BCUT2D eigenvalue weighted by molar-refractivity contribution is 0.669. The number of aromatic nitrogens is 1. The topological polar surface area (TPSA) is 21.3 Å². The maximum atomic E-state index is 6.43. The highest BCUT2D eigenvalue weighted by atomic mass is 16.3. The van der Waals surface area contributed by atoms with Crippen LogP contribution in [0.25, 0.3) is 104 Å². The third-order valence-corrected chi connectivity index (χ3v) is 13.0. The molecule has 0 N–H and O–H groups in total. The van der Waals surface area contributed by atoms with Gasteiger partial charge in [-0.3, -0.25) is 0 Å². The molecule has 13 rings (SSSR count).